The van der Waals surface area contributed by atoms with Gasteiger partial charge in [-0.3, -0.25) is 10.4 Å². The molecule has 2 aromatic rings. The van der Waals surface area contributed by atoms with Gasteiger partial charge in [-0.15, -0.1) is 0 Å². The van der Waals surface area contributed by atoms with E-state index in [0.29, 0.717) is 24.3 Å². The molecule has 0 fully saturated rings. The molecular formula is C22H12Cl4F6N8. The van der Waals surface area contributed by atoms with E-state index in [9.17, 15) is 26.3 Å². The van der Waals surface area contributed by atoms with Gasteiger partial charge in [0.05, 0.1) is 73.6 Å². The summed E-state index contributed by atoms with van der Waals surface area (Å²) < 4.78 is 75.2. The van der Waals surface area contributed by atoms with Gasteiger partial charge in [-0.1, -0.05) is 46.4 Å². The molecule has 3 N–H and O–H groups in total. The van der Waals surface area contributed by atoms with Gasteiger partial charge in [0, 0.05) is 0 Å². The molecule has 0 aromatic heterocycles. The maximum atomic E-state index is 12.6. The summed E-state index contributed by atoms with van der Waals surface area (Å²) in [7, 11) is 0. The van der Waals surface area contributed by atoms with E-state index in [0.717, 1.165) is 5.01 Å². The first-order chi connectivity index (χ1) is 18.5. The number of hydrazone groups is 1. The summed E-state index contributed by atoms with van der Waals surface area (Å²) in [5.41, 5.74) is -0.117. The van der Waals surface area contributed by atoms with Gasteiger partial charge < -0.3 is 0 Å². The summed E-state index contributed by atoms with van der Waals surface area (Å²) in [6, 6.07) is 8.42. The first-order valence-electron chi connectivity index (χ1n) is 10.0. The summed E-state index contributed by atoms with van der Waals surface area (Å²) in [5, 5.41) is 37.5. The van der Waals surface area contributed by atoms with Crippen LogP contribution in [-0.2, 0) is 12.4 Å². The molecule has 0 aliphatic carbocycles. The minimum Gasteiger partial charge on any atom is -0.290 e. The van der Waals surface area contributed by atoms with Crippen molar-refractivity contribution in [3.8, 4) is 24.3 Å². The molecule has 18 heteroatoms. The average Bonchev–Trinajstić information content (AvgIpc) is 2.84. The summed E-state index contributed by atoms with van der Waals surface area (Å²) in [6.07, 6.45) is -9.68. The van der Waals surface area contributed by atoms with Gasteiger partial charge in [-0.2, -0.15) is 52.5 Å². The molecule has 0 amide bonds. The van der Waals surface area contributed by atoms with Crippen LogP contribution in [0.3, 0.4) is 0 Å². The summed E-state index contributed by atoms with van der Waals surface area (Å²) in [6.45, 7) is 0. The van der Waals surface area contributed by atoms with Gasteiger partial charge in [-0.25, -0.2) is 5.84 Å². The number of nitrogens with zero attached hydrogens (tertiary/aromatic N) is 6. The number of nitriles is 4. The molecule has 0 aliphatic heterocycles. The molecule has 2 aromatic carbocycles. The van der Waals surface area contributed by atoms with Crippen LogP contribution >= 0.6 is 46.4 Å². The highest BCUT2D eigenvalue weighted by Crippen LogP contribution is 2.40. The van der Waals surface area contributed by atoms with Gasteiger partial charge in [-0.05, 0) is 24.3 Å². The van der Waals surface area contributed by atoms with Crippen LogP contribution in [0.25, 0.3) is 0 Å². The van der Waals surface area contributed by atoms with E-state index in [1.165, 1.54) is 0 Å². The van der Waals surface area contributed by atoms with E-state index in [2.05, 4.69) is 10.5 Å². The lowest BCUT2D eigenvalue weighted by atomic mass is 10.1. The molecule has 2 rings (SSSR count). The lowest BCUT2D eigenvalue weighted by Gasteiger charge is -2.25. The molecule has 40 heavy (non-hydrogen) atoms. The maximum absolute atomic E-state index is 12.6. The van der Waals surface area contributed by atoms with Crippen LogP contribution in [0.15, 0.2) is 29.4 Å². The van der Waals surface area contributed by atoms with Gasteiger partial charge in [0.15, 0.2) is 5.71 Å². The first kappa shape index (κ1) is 34.4. The third-order valence-electron chi connectivity index (χ3n) is 4.42. The number of hydrogen-bond donors (Lipinski definition) is 2. The lowest BCUT2D eigenvalue weighted by Crippen LogP contribution is -2.40. The first-order valence-corrected chi connectivity index (χ1v) is 11.6. The fraction of sp³-hybridized carbons (Fsp3) is 0.227. The predicted octanol–water partition coefficient (Wildman–Crippen LogP) is 7.72. The molecule has 0 bridgehead atoms. The van der Waals surface area contributed by atoms with Crippen molar-refractivity contribution in [1.29, 1.82) is 21.0 Å². The van der Waals surface area contributed by atoms with E-state index < -0.39 is 29.5 Å². The topological polar surface area (TPSA) is 149 Å². The highest BCUT2D eigenvalue weighted by Gasteiger charge is 2.33. The third kappa shape index (κ3) is 9.53. The molecule has 0 spiro atoms. The van der Waals surface area contributed by atoms with E-state index in [4.69, 9.17) is 73.3 Å². The standard InChI is InChI=1S/C11H7Cl2F3N4.C11H5Cl2F3N4/c12-8-3-6(11(14,15)16)4-9(13)10(8)20(19)7(5-18)1-2-17;12-8-3-6(11(14,15)16)4-9(13)10(8)20-19-7(5-18)1-2-17/h3-4,7H,1,19H2;3-4,20H,1H2/b;19-7+. The van der Waals surface area contributed by atoms with Crippen LogP contribution < -0.4 is 16.3 Å². The number of alkyl halides is 6. The second-order valence-corrected chi connectivity index (χ2v) is 8.76. The van der Waals surface area contributed by atoms with Crippen molar-refractivity contribution in [3.05, 3.63) is 55.5 Å². The predicted molar refractivity (Wildman–Crippen MR) is 136 cm³/mol. The Kier molecular flexibility index (Phi) is 12.6. The Labute approximate surface area is 242 Å². The minimum absolute atomic E-state index is 0.0768. The van der Waals surface area contributed by atoms with E-state index >= 15 is 0 Å². The zero-order valence-electron chi connectivity index (χ0n) is 19.3. The lowest BCUT2D eigenvalue weighted by molar-refractivity contribution is -0.138. The van der Waals surface area contributed by atoms with Gasteiger partial charge in [0.25, 0.3) is 0 Å². The highest BCUT2D eigenvalue weighted by atomic mass is 35.5. The van der Waals surface area contributed by atoms with Crippen LogP contribution in [-0.4, -0.2) is 11.8 Å². The van der Waals surface area contributed by atoms with Crippen LogP contribution in [0, 0.1) is 45.3 Å². The van der Waals surface area contributed by atoms with Crippen LogP contribution in [0.4, 0.5) is 37.7 Å². The van der Waals surface area contributed by atoms with Crippen molar-refractivity contribution < 1.29 is 26.3 Å². The molecule has 1 unspecified atom stereocenters. The molecule has 8 nitrogen and oxygen atoms in total. The minimum atomic E-state index is -4.60. The molecule has 1 atom stereocenters. The number of nitrogens with two attached hydrogens (primary N) is 1. The fourth-order valence-electron chi connectivity index (χ4n) is 2.57. The number of nitrogens with one attached hydrogen (secondary N) is 1. The number of halogens is 10. The average molecular weight is 644 g/mol. The zero-order chi connectivity index (χ0) is 30.8. The maximum Gasteiger partial charge on any atom is 0.416 e. The molecule has 0 heterocycles. The Morgan fingerprint density at radius 3 is 1.65 bits per heavy atom. The summed E-state index contributed by atoms with van der Waals surface area (Å²) >= 11 is 22.8. The number of hydrogen-bond acceptors (Lipinski definition) is 8. The number of hydrazine groups is 1. The van der Waals surface area contributed by atoms with Crippen LogP contribution in [0.2, 0.25) is 20.1 Å². The van der Waals surface area contributed by atoms with E-state index in [-0.39, 0.29) is 50.0 Å². The quantitative estimate of drug-likeness (QED) is 0.142. The molecule has 210 valence electrons. The molecule has 0 saturated heterocycles. The third-order valence-corrected chi connectivity index (χ3v) is 5.59. The largest absolute Gasteiger partial charge is 0.416 e. The number of anilines is 2. The Bertz CT molecular complexity index is 1390. The second kappa shape index (κ2) is 14.7. The monoisotopic (exact) mass is 642 g/mol. The number of rotatable bonds is 6. The van der Waals surface area contributed by atoms with Crippen molar-refractivity contribution >= 4 is 63.5 Å². The van der Waals surface area contributed by atoms with Crippen molar-refractivity contribution in [1.82, 2.24) is 0 Å². The van der Waals surface area contributed by atoms with Crippen molar-refractivity contribution in [2.75, 3.05) is 10.4 Å². The van der Waals surface area contributed by atoms with Crippen LogP contribution in [0.1, 0.15) is 24.0 Å². The van der Waals surface area contributed by atoms with Crippen LogP contribution in [0.5, 0.6) is 0 Å². The zero-order valence-corrected chi connectivity index (χ0v) is 22.4. The SMILES string of the molecule is N#CC/C(C#N)=N\Nc1c(Cl)cc(C(F)(F)F)cc1Cl.N#CCC(C#N)N(N)c1c(Cl)cc(C(F)(F)F)cc1Cl. The van der Waals surface area contributed by atoms with Gasteiger partial charge >= 0.3 is 12.4 Å². The summed E-state index contributed by atoms with van der Waals surface area (Å²) in [4.78, 5) is 0. The molecular weight excluding hydrogens is 632 g/mol. The molecule has 0 radical (unpaired) electrons. The van der Waals surface area contributed by atoms with Crippen molar-refractivity contribution in [2.24, 2.45) is 10.9 Å². The van der Waals surface area contributed by atoms with Crippen molar-refractivity contribution in [3.63, 3.8) is 0 Å². The Hall–Kier alpha value is -3.63. The van der Waals surface area contributed by atoms with Gasteiger partial charge in [0.2, 0.25) is 0 Å². The molecule has 0 saturated carbocycles. The summed E-state index contributed by atoms with van der Waals surface area (Å²) in [5.74, 6) is 5.61. The number of benzene rings is 2. The highest BCUT2D eigenvalue weighted by molar-refractivity contribution is 6.39. The second-order valence-electron chi connectivity index (χ2n) is 7.13. The Balaban J connectivity index is 0.000000400. The normalized spacial score (nSPS) is 12.0. The van der Waals surface area contributed by atoms with Crippen molar-refractivity contribution in [2.45, 2.75) is 31.2 Å². The molecule has 0 aliphatic rings. The Morgan fingerprint density at radius 2 is 1.30 bits per heavy atom. The smallest absolute Gasteiger partial charge is 0.290 e. The van der Waals surface area contributed by atoms with E-state index in [1.54, 1.807) is 24.3 Å². The Morgan fingerprint density at radius 1 is 0.850 bits per heavy atom. The fourth-order valence-corrected chi connectivity index (χ4v) is 3.82. The van der Waals surface area contributed by atoms with E-state index in [1.807, 2.05) is 0 Å². The van der Waals surface area contributed by atoms with Gasteiger partial charge in [0.1, 0.15) is 12.1 Å².